The van der Waals surface area contributed by atoms with E-state index in [9.17, 15) is 0 Å². The molecule has 2 saturated heterocycles. The second-order valence-electron chi connectivity index (χ2n) is 4.67. The zero-order valence-electron chi connectivity index (χ0n) is 9.32. The molecule has 0 spiro atoms. The molecule has 2 heteroatoms. The lowest BCUT2D eigenvalue weighted by Gasteiger charge is -2.36. The van der Waals surface area contributed by atoms with Gasteiger partial charge in [0.1, 0.15) is 12.2 Å². The molecule has 0 aliphatic carbocycles. The van der Waals surface area contributed by atoms with Gasteiger partial charge in [-0.3, -0.25) is 0 Å². The molecule has 0 aromatic rings. The molecular weight excluding hydrogens is 176 g/mol. The van der Waals surface area contributed by atoms with E-state index in [1.807, 2.05) is 0 Å². The molecule has 2 aliphatic rings. The Hall–Kier alpha value is -0.500. The normalized spacial score (nSPS) is 47.4. The van der Waals surface area contributed by atoms with Gasteiger partial charge in [0.2, 0.25) is 0 Å². The average Bonchev–Trinajstić information content (AvgIpc) is 2.41. The summed E-state index contributed by atoms with van der Waals surface area (Å²) in [6.45, 7) is 10.5. The molecule has 0 aromatic carbocycles. The van der Waals surface area contributed by atoms with Crippen molar-refractivity contribution < 1.29 is 9.47 Å². The molecule has 14 heavy (non-hydrogen) atoms. The van der Waals surface area contributed by atoms with Gasteiger partial charge < -0.3 is 9.47 Å². The smallest absolute Gasteiger partial charge is 0.125 e. The molecule has 2 fully saturated rings. The van der Waals surface area contributed by atoms with Crippen LogP contribution < -0.4 is 0 Å². The Morgan fingerprint density at radius 3 is 2.79 bits per heavy atom. The van der Waals surface area contributed by atoms with Crippen LogP contribution in [0.4, 0.5) is 0 Å². The van der Waals surface area contributed by atoms with Gasteiger partial charge in [-0.05, 0) is 18.8 Å². The van der Waals surface area contributed by atoms with Crippen LogP contribution in [0.2, 0.25) is 0 Å². The lowest BCUT2D eigenvalue weighted by atomic mass is 9.87. The fourth-order valence-corrected chi connectivity index (χ4v) is 2.61. The monoisotopic (exact) mass is 196 g/mol. The molecule has 2 rings (SSSR count). The van der Waals surface area contributed by atoms with E-state index >= 15 is 0 Å². The average molecular weight is 196 g/mol. The minimum absolute atomic E-state index is 0.253. The first-order valence-corrected chi connectivity index (χ1v) is 5.64. The quantitative estimate of drug-likeness (QED) is 0.642. The van der Waals surface area contributed by atoms with Crippen molar-refractivity contribution in [2.75, 3.05) is 0 Å². The molecule has 0 aromatic heterocycles. The fraction of sp³-hybridized carbons (Fsp3) is 0.833. The van der Waals surface area contributed by atoms with Crippen LogP contribution in [-0.2, 0) is 9.47 Å². The minimum Gasteiger partial charge on any atom is -0.492 e. The van der Waals surface area contributed by atoms with E-state index < -0.39 is 0 Å². The maximum Gasteiger partial charge on any atom is 0.125 e. The van der Waals surface area contributed by atoms with Crippen molar-refractivity contribution in [1.82, 2.24) is 0 Å². The number of ether oxygens (including phenoxy) is 2. The third-order valence-corrected chi connectivity index (χ3v) is 3.64. The van der Waals surface area contributed by atoms with Gasteiger partial charge in [0.25, 0.3) is 0 Å². The summed E-state index contributed by atoms with van der Waals surface area (Å²) in [4.78, 5) is 0. The van der Waals surface area contributed by atoms with Crippen LogP contribution in [0, 0.1) is 11.8 Å². The summed E-state index contributed by atoms with van der Waals surface area (Å²) in [5, 5.41) is 0. The summed E-state index contributed by atoms with van der Waals surface area (Å²) in [5.74, 6) is 1.88. The zero-order valence-corrected chi connectivity index (χ0v) is 9.32. The van der Waals surface area contributed by atoms with E-state index in [0.29, 0.717) is 17.9 Å². The van der Waals surface area contributed by atoms with Crippen LogP contribution in [-0.4, -0.2) is 18.3 Å². The van der Waals surface area contributed by atoms with Gasteiger partial charge in [0.15, 0.2) is 0 Å². The van der Waals surface area contributed by atoms with Crippen molar-refractivity contribution >= 4 is 0 Å². The van der Waals surface area contributed by atoms with E-state index in [1.54, 1.807) is 0 Å². The number of fused-ring (bicyclic) bond motifs is 1. The molecule has 2 aliphatic heterocycles. The van der Waals surface area contributed by atoms with Crippen LogP contribution in [0.3, 0.4) is 0 Å². The van der Waals surface area contributed by atoms with Gasteiger partial charge >= 0.3 is 0 Å². The Labute approximate surface area is 86.3 Å². The van der Waals surface area contributed by atoms with E-state index in [4.69, 9.17) is 9.47 Å². The lowest BCUT2D eigenvalue weighted by molar-refractivity contribution is -0.125. The van der Waals surface area contributed by atoms with Crippen LogP contribution >= 0.6 is 0 Å². The molecular formula is C12H20O2. The third-order valence-electron chi connectivity index (χ3n) is 3.64. The van der Waals surface area contributed by atoms with Crippen LogP contribution in [0.1, 0.15) is 33.6 Å². The van der Waals surface area contributed by atoms with Crippen molar-refractivity contribution in [3.05, 3.63) is 12.3 Å². The Kier molecular flexibility index (Phi) is 2.56. The van der Waals surface area contributed by atoms with Crippen LogP contribution in [0.5, 0.6) is 0 Å². The van der Waals surface area contributed by atoms with Crippen molar-refractivity contribution in [3.8, 4) is 0 Å². The highest BCUT2D eigenvalue weighted by molar-refractivity contribution is 5.05. The molecule has 0 amide bonds. The summed E-state index contributed by atoms with van der Waals surface area (Å²) in [6, 6.07) is 0. The van der Waals surface area contributed by atoms with E-state index in [-0.39, 0.29) is 12.2 Å². The molecule has 5 atom stereocenters. The predicted molar refractivity (Wildman–Crippen MR) is 55.9 cm³/mol. The molecule has 0 N–H and O–H groups in total. The summed E-state index contributed by atoms with van der Waals surface area (Å²) >= 11 is 0. The Morgan fingerprint density at radius 1 is 1.43 bits per heavy atom. The van der Waals surface area contributed by atoms with Crippen LogP contribution in [0.15, 0.2) is 12.3 Å². The SMILES string of the molecule is C=C1O[C@H]2C[C@@H](C)[C@@H](CC)O[C@H]2[C@@H]1C. The first kappa shape index (κ1) is 10.0. The van der Waals surface area contributed by atoms with Crippen LogP contribution in [0.25, 0.3) is 0 Å². The maximum atomic E-state index is 6.07. The van der Waals surface area contributed by atoms with E-state index in [0.717, 1.165) is 18.6 Å². The fourth-order valence-electron chi connectivity index (χ4n) is 2.61. The highest BCUT2D eigenvalue weighted by Gasteiger charge is 2.45. The van der Waals surface area contributed by atoms with Crippen molar-refractivity contribution in [1.29, 1.82) is 0 Å². The van der Waals surface area contributed by atoms with Gasteiger partial charge in [0, 0.05) is 5.92 Å². The Balaban J connectivity index is 2.10. The third kappa shape index (κ3) is 1.46. The van der Waals surface area contributed by atoms with Gasteiger partial charge in [-0.15, -0.1) is 0 Å². The summed E-state index contributed by atoms with van der Waals surface area (Å²) in [6.07, 6.45) is 3.14. The first-order chi connectivity index (χ1) is 6.63. The molecule has 0 radical (unpaired) electrons. The molecule has 0 unspecified atom stereocenters. The number of rotatable bonds is 1. The largest absolute Gasteiger partial charge is 0.492 e. The second-order valence-corrected chi connectivity index (χ2v) is 4.67. The molecule has 80 valence electrons. The highest BCUT2D eigenvalue weighted by atomic mass is 16.6. The Bertz CT molecular complexity index is 236. The number of hydrogen-bond donors (Lipinski definition) is 0. The molecule has 2 heterocycles. The van der Waals surface area contributed by atoms with Crippen molar-refractivity contribution in [2.45, 2.75) is 51.9 Å². The predicted octanol–water partition coefficient (Wildman–Crippen LogP) is 2.74. The lowest BCUT2D eigenvalue weighted by Crippen LogP contribution is -2.42. The molecule has 0 bridgehead atoms. The van der Waals surface area contributed by atoms with E-state index in [2.05, 4.69) is 27.4 Å². The Morgan fingerprint density at radius 2 is 2.14 bits per heavy atom. The highest BCUT2D eigenvalue weighted by Crippen LogP contribution is 2.40. The van der Waals surface area contributed by atoms with E-state index in [1.165, 1.54) is 0 Å². The van der Waals surface area contributed by atoms with Crippen molar-refractivity contribution in [2.24, 2.45) is 11.8 Å². The summed E-state index contributed by atoms with van der Waals surface area (Å²) < 4.78 is 11.8. The molecule has 0 saturated carbocycles. The summed E-state index contributed by atoms with van der Waals surface area (Å²) in [7, 11) is 0. The zero-order chi connectivity index (χ0) is 10.3. The van der Waals surface area contributed by atoms with Crippen molar-refractivity contribution in [3.63, 3.8) is 0 Å². The maximum absolute atomic E-state index is 6.07. The molecule has 2 nitrogen and oxygen atoms in total. The topological polar surface area (TPSA) is 18.5 Å². The van der Waals surface area contributed by atoms with Gasteiger partial charge in [0.05, 0.1) is 11.9 Å². The van der Waals surface area contributed by atoms with Gasteiger partial charge in [-0.1, -0.05) is 27.4 Å². The minimum atomic E-state index is 0.253. The van der Waals surface area contributed by atoms with Gasteiger partial charge in [-0.25, -0.2) is 0 Å². The first-order valence-electron chi connectivity index (χ1n) is 5.64. The standard InChI is InChI=1S/C12H20O2/c1-5-10-7(2)6-11-12(14-10)8(3)9(4)13-11/h7-8,10-12H,4-6H2,1-3H3/t7-,8-,10-,11+,12+/m1/s1. The number of hydrogen-bond acceptors (Lipinski definition) is 2. The summed E-state index contributed by atoms with van der Waals surface area (Å²) in [5.41, 5.74) is 0. The second kappa shape index (κ2) is 3.58. The van der Waals surface area contributed by atoms with Gasteiger partial charge in [-0.2, -0.15) is 0 Å².